The van der Waals surface area contributed by atoms with Crippen LogP contribution in [0.25, 0.3) is 0 Å². The van der Waals surface area contributed by atoms with E-state index in [-0.39, 0.29) is 23.6 Å². The first kappa shape index (κ1) is 17.9. The first-order valence-corrected chi connectivity index (χ1v) is 8.00. The number of nitrogens with zero attached hydrogens (tertiary/aromatic N) is 1. The minimum Gasteiger partial charge on any atom is -0.392 e. The molecule has 0 saturated carbocycles. The lowest BCUT2D eigenvalue weighted by atomic mass is 10.1. The van der Waals surface area contributed by atoms with Gasteiger partial charge in [0.05, 0.1) is 22.8 Å². The minimum atomic E-state index is -4.51. The van der Waals surface area contributed by atoms with Crippen LogP contribution in [0.5, 0.6) is 0 Å². The van der Waals surface area contributed by atoms with Gasteiger partial charge in [-0.3, -0.25) is 0 Å². The SMILES string of the molecule is CCN(CC(N)=S)S(=O)(=O)Cc1cccc(C(F)(F)F)c1. The maximum absolute atomic E-state index is 12.6. The first-order valence-electron chi connectivity index (χ1n) is 5.98. The number of hydrogen-bond acceptors (Lipinski definition) is 3. The Kier molecular flexibility index (Phi) is 5.71. The van der Waals surface area contributed by atoms with Gasteiger partial charge in [0.25, 0.3) is 0 Å². The zero-order valence-electron chi connectivity index (χ0n) is 11.2. The van der Waals surface area contributed by atoms with Crippen LogP contribution in [0, 0.1) is 0 Å². The van der Waals surface area contributed by atoms with E-state index in [2.05, 4.69) is 12.2 Å². The van der Waals surface area contributed by atoms with Gasteiger partial charge in [0.1, 0.15) is 0 Å². The number of thiocarbonyl (C=S) groups is 1. The molecule has 1 aromatic rings. The Labute approximate surface area is 126 Å². The van der Waals surface area contributed by atoms with Crippen LogP contribution in [0.3, 0.4) is 0 Å². The van der Waals surface area contributed by atoms with Crippen molar-refractivity contribution in [1.82, 2.24) is 4.31 Å². The molecule has 0 saturated heterocycles. The fourth-order valence-electron chi connectivity index (χ4n) is 1.72. The standard InChI is InChI=1S/C12H15F3N2O2S2/c1-2-17(7-11(16)20)21(18,19)8-9-4-3-5-10(6-9)12(13,14)15/h3-6H,2,7-8H2,1H3,(H2,16,20). The number of benzene rings is 1. The monoisotopic (exact) mass is 340 g/mol. The Bertz CT molecular complexity index is 615. The van der Waals surface area contributed by atoms with Gasteiger partial charge in [-0.05, 0) is 11.6 Å². The Morgan fingerprint density at radius 1 is 1.38 bits per heavy atom. The average molecular weight is 340 g/mol. The second-order valence-corrected chi connectivity index (χ2v) is 6.84. The van der Waals surface area contributed by atoms with E-state index in [0.29, 0.717) is 0 Å². The normalized spacial score (nSPS) is 12.6. The van der Waals surface area contributed by atoms with Crippen LogP contribution in [0.4, 0.5) is 13.2 Å². The summed E-state index contributed by atoms with van der Waals surface area (Å²) in [7, 11) is -3.78. The van der Waals surface area contributed by atoms with Crippen LogP contribution in [-0.2, 0) is 22.0 Å². The molecular weight excluding hydrogens is 325 g/mol. The summed E-state index contributed by atoms with van der Waals surface area (Å²) in [4.78, 5) is 0.00414. The van der Waals surface area contributed by atoms with Crippen LogP contribution >= 0.6 is 12.2 Å². The summed E-state index contributed by atoms with van der Waals surface area (Å²) >= 11 is 4.66. The fraction of sp³-hybridized carbons (Fsp3) is 0.417. The van der Waals surface area contributed by atoms with Crippen molar-refractivity contribution < 1.29 is 21.6 Å². The summed E-state index contributed by atoms with van der Waals surface area (Å²) in [5.74, 6) is -0.534. The molecule has 0 amide bonds. The second-order valence-electron chi connectivity index (χ2n) is 4.35. The second kappa shape index (κ2) is 6.71. The van der Waals surface area contributed by atoms with E-state index in [0.717, 1.165) is 16.4 Å². The van der Waals surface area contributed by atoms with Crippen molar-refractivity contribution in [2.45, 2.75) is 18.9 Å². The molecule has 118 valence electrons. The molecule has 0 atom stereocenters. The van der Waals surface area contributed by atoms with Crippen molar-refractivity contribution in [3.05, 3.63) is 35.4 Å². The molecule has 0 aliphatic carbocycles. The number of likely N-dealkylation sites (N-methyl/N-ethyl adjacent to an activating group) is 1. The molecule has 0 aliphatic rings. The third kappa shape index (κ3) is 5.25. The quantitative estimate of drug-likeness (QED) is 0.806. The highest BCUT2D eigenvalue weighted by Gasteiger charge is 2.31. The van der Waals surface area contributed by atoms with E-state index in [1.54, 1.807) is 6.92 Å². The summed E-state index contributed by atoms with van der Waals surface area (Å²) in [6.07, 6.45) is -4.51. The molecule has 0 heterocycles. The van der Waals surface area contributed by atoms with E-state index in [1.165, 1.54) is 12.1 Å². The zero-order valence-corrected chi connectivity index (χ0v) is 12.9. The average Bonchev–Trinajstić information content (AvgIpc) is 2.34. The number of rotatable bonds is 6. The van der Waals surface area contributed by atoms with Crippen molar-refractivity contribution in [3.63, 3.8) is 0 Å². The summed E-state index contributed by atoms with van der Waals surface area (Å²) in [5.41, 5.74) is 4.50. The van der Waals surface area contributed by atoms with Gasteiger partial charge in [-0.25, -0.2) is 8.42 Å². The molecule has 0 fully saturated rings. The minimum absolute atomic E-state index is 0.00414. The van der Waals surface area contributed by atoms with Gasteiger partial charge in [-0.15, -0.1) is 0 Å². The van der Waals surface area contributed by atoms with Crippen LogP contribution in [-0.4, -0.2) is 30.8 Å². The maximum Gasteiger partial charge on any atom is 0.416 e. The topological polar surface area (TPSA) is 63.4 Å². The smallest absolute Gasteiger partial charge is 0.392 e. The molecule has 0 aliphatic heterocycles. The van der Waals surface area contributed by atoms with E-state index >= 15 is 0 Å². The molecule has 21 heavy (non-hydrogen) atoms. The summed E-state index contributed by atoms with van der Waals surface area (Å²) in [6, 6.07) is 4.23. The van der Waals surface area contributed by atoms with Gasteiger partial charge >= 0.3 is 6.18 Å². The molecule has 1 rings (SSSR count). The van der Waals surface area contributed by atoms with E-state index < -0.39 is 27.5 Å². The molecule has 0 aromatic heterocycles. The maximum atomic E-state index is 12.6. The molecule has 2 N–H and O–H groups in total. The van der Waals surface area contributed by atoms with Gasteiger partial charge in [0.15, 0.2) is 0 Å². The Morgan fingerprint density at radius 2 is 2.00 bits per heavy atom. The largest absolute Gasteiger partial charge is 0.416 e. The van der Waals surface area contributed by atoms with E-state index in [9.17, 15) is 21.6 Å². The Morgan fingerprint density at radius 3 is 2.48 bits per heavy atom. The van der Waals surface area contributed by atoms with Gasteiger partial charge in [0.2, 0.25) is 10.0 Å². The van der Waals surface area contributed by atoms with Gasteiger partial charge in [-0.2, -0.15) is 17.5 Å². The van der Waals surface area contributed by atoms with E-state index in [1.807, 2.05) is 0 Å². The van der Waals surface area contributed by atoms with Crippen LogP contribution < -0.4 is 5.73 Å². The lowest BCUT2D eigenvalue weighted by Gasteiger charge is -2.20. The van der Waals surface area contributed by atoms with Crippen molar-refractivity contribution in [2.75, 3.05) is 13.1 Å². The fourth-order valence-corrected chi connectivity index (χ4v) is 3.47. The predicted octanol–water partition coefficient (Wildman–Crippen LogP) is 2.14. The highest BCUT2D eigenvalue weighted by Crippen LogP contribution is 2.30. The number of hydrogen-bond donors (Lipinski definition) is 1. The van der Waals surface area contributed by atoms with Crippen LogP contribution in [0.2, 0.25) is 0 Å². The van der Waals surface area contributed by atoms with Gasteiger partial charge in [-0.1, -0.05) is 37.3 Å². The number of nitrogens with two attached hydrogens (primary N) is 1. The predicted molar refractivity (Wildman–Crippen MR) is 78.1 cm³/mol. The molecule has 1 aromatic carbocycles. The highest BCUT2D eigenvalue weighted by molar-refractivity contribution is 7.88. The lowest BCUT2D eigenvalue weighted by molar-refractivity contribution is -0.137. The molecule has 0 radical (unpaired) electrons. The molecule has 0 unspecified atom stereocenters. The van der Waals surface area contributed by atoms with Gasteiger partial charge < -0.3 is 5.73 Å². The van der Waals surface area contributed by atoms with Crippen molar-refractivity contribution >= 4 is 27.2 Å². The molecule has 9 heteroatoms. The molecule has 4 nitrogen and oxygen atoms in total. The third-order valence-electron chi connectivity index (χ3n) is 2.68. The van der Waals surface area contributed by atoms with E-state index in [4.69, 9.17) is 5.73 Å². The zero-order chi connectivity index (χ0) is 16.3. The Balaban J connectivity index is 3.01. The molecular formula is C12H15F3N2O2S2. The van der Waals surface area contributed by atoms with Gasteiger partial charge in [0, 0.05) is 6.54 Å². The first-order chi connectivity index (χ1) is 9.56. The third-order valence-corrected chi connectivity index (χ3v) is 4.68. The Hall–Kier alpha value is -1.19. The van der Waals surface area contributed by atoms with Crippen molar-refractivity contribution in [3.8, 4) is 0 Å². The number of sulfonamides is 1. The highest BCUT2D eigenvalue weighted by atomic mass is 32.2. The summed E-state index contributed by atoms with van der Waals surface area (Å²) in [6.45, 7) is 1.60. The van der Waals surface area contributed by atoms with Crippen LogP contribution in [0.1, 0.15) is 18.1 Å². The summed E-state index contributed by atoms with van der Waals surface area (Å²) < 4.78 is 63.2. The molecule has 0 spiro atoms. The lowest BCUT2D eigenvalue weighted by Crippen LogP contribution is -2.38. The number of halogens is 3. The molecule has 0 bridgehead atoms. The number of alkyl halides is 3. The summed E-state index contributed by atoms with van der Waals surface area (Å²) in [5, 5.41) is 0. The van der Waals surface area contributed by atoms with Crippen molar-refractivity contribution in [2.24, 2.45) is 5.73 Å². The van der Waals surface area contributed by atoms with Crippen LogP contribution in [0.15, 0.2) is 24.3 Å². The van der Waals surface area contributed by atoms with Crippen molar-refractivity contribution in [1.29, 1.82) is 0 Å².